The Balaban J connectivity index is 1.48. The Morgan fingerprint density at radius 2 is 1.91 bits per heavy atom. The number of halogens is 1. The maximum Gasteiger partial charge on any atom is 0.254 e. The average Bonchev–Trinajstić information content (AvgIpc) is 3.46. The summed E-state index contributed by atoms with van der Waals surface area (Å²) in [6.45, 7) is 6.95. The molecular weight excluding hydrogens is 453 g/mol. The highest BCUT2D eigenvalue weighted by molar-refractivity contribution is 7.99. The third-order valence-electron chi connectivity index (χ3n) is 5.63. The fraction of sp³-hybridized carbons (Fsp3) is 0.280. The van der Waals surface area contributed by atoms with Gasteiger partial charge in [-0.2, -0.15) is 0 Å². The molecule has 1 atom stereocenters. The fourth-order valence-corrected chi connectivity index (χ4v) is 4.71. The number of hydrogen-bond donors (Lipinski definition) is 1. The van der Waals surface area contributed by atoms with Gasteiger partial charge in [-0.15, -0.1) is 16.8 Å². The van der Waals surface area contributed by atoms with Crippen LogP contribution >= 0.6 is 11.8 Å². The molecule has 0 radical (unpaired) electrons. The van der Waals surface area contributed by atoms with E-state index >= 15 is 0 Å². The standard InChI is InChI=1S/C25H26FN5O2S/c1-3-14-31-23(21-5-4-15-30(21)24(33)18-8-6-17(2)7-9-18)28-29-25(31)34-16-22(32)27-20-12-10-19(26)11-13-20/h3,6-13,21H,1,4-5,14-16H2,2H3,(H,27,32). The van der Waals surface area contributed by atoms with Crippen LogP contribution in [0.3, 0.4) is 0 Å². The summed E-state index contributed by atoms with van der Waals surface area (Å²) in [6.07, 6.45) is 3.42. The molecule has 0 saturated carbocycles. The first-order valence-electron chi connectivity index (χ1n) is 11.1. The van der Waals surface area contributed by atoms with E-state index < -0.39 is 0 Å². The van der Waals surface area contributed by atoms with Crippen molar-refractivity contribution < 1.29 is 14.0 Å². The number of aryl methyl sites for hydroxylation is 1. The highest BCUT2D eigenvalue weighted by Gasteiger charge is 2.34. The molecule has 0 spiro atoms. The highest BCUT2D eigenvalue weighted by atomic mass is 32.2. The van der Waals surface area contributed by atoms with Crippen LogP contribution in [0.4, 0.5) is 10.1 Å². The van der Waals surface area contributed by atoms with Crippen LogP contribution in [0.1, 0.15) is 40.6 Å². The van der Waals surface area contributed by atoms with Crippen LogP contribution in [0.25, 0.3) is 0 Å². The van der Waals surface area contributed by atoms with Crippen molar-refractivity contribution in [3.8, 4) is 0 Å². The van der Waals surface area contributed by atoms with Crippen LogP contribution in [0.15, 0.2) is 66.3 Å². The number of allylic oxidation sites excluding steroid dienone is 1. The first kappa shape index (κ1) is 23.7. The number of rotatable bonds is 8. The zero-order valence-electron chi connectivity index (χ0n) is 18.9. The molecule has 1 fully saturated rings. The molecule has 3 aromatic rings. The minimum atomic E-state index is -0.362. The molecule has 1 aliphatic heterocycles. The third-order valence-corrected chi connectivity index (χ3v) is 6.59. The number of nitrogens with zero attached hydrogens (tertiary/aromatic N) is 4. The lowest BCUT2D eigenvalue weighted by atomic mass is 10.1. The summed E-state index contributed by atoms with van der Waals surface area (Å²) in [4.78, 5) is 27.4. The van der Waals surface area contributed by atoms with Crippen molar-refractivity contribution in [2.24, 2.45) is 0 Å². The van der Waals surface area contributed by atoms with Gasteiger partial charge in [0.15, 0.2) is 11.0 Å². The van der Waals surface area contributed by atoms with E-state index in [1.807, 2.05) is 40.7 Å². The maximum absolute atomic E-state index is 13.2. The summed E-state index contributed by atoms with van der Waals surface area (Å²) in [5, 5.41) is 12.0. The Labute approximate surface area is 202 Å². The summed E-state index contributed by atoms with van der Waals surface area (Å²) >= 11 is 1.26. The maximum atomic E-state index is 13.2. The number of anilines is 1. The molecule has 2 amide bonds. The topological polar surface area (TPSA) is 80.1 Å². The Bertz CT molecular complexity index is 1180. The second kappa shape index (κ2) is 10.6. The zero-order valence-corrected chi connectivity index (χ0v) is 19.7. The first-order chi connectivity index (χ1) is 16.5. The molecule has 9 heteroatoms. The lowest BCUT2D eigenvalue weighted by molar-refractivity contribution is -0.113. The molecule has 0 bridgehead atoms. The summed E-state index contributed by atoms with van der Waals surface area (Å²) in [5.41, 5.74) is 2.28. The molecule has 34 heavy (non-hydrogen) atoms. The quantitative estimate of drug-likeness (QED) is 0.377. The van der Waals surface area contributed by atoms with E-state index in [0.29, 0.717) is 35.3 Å². The molecule has 1 saturated heterocycles. The third kappa shape index (κ3) is 5.36. The number of nitrogens with one attached hydrogen (secondary N) is 1. The number of carbonyl (C=O) groups excluding carboxylic acids is 2. The van der Waals surface area contributed by atoms with Crippen LogP contribution < -0.4 is 5.32 Å². The summed E-state index contributed by atoms with van der Waals surface area (Å²) in [7, 11) is 0. The SMILES string of the molecule is C=CCn1c(SCC(=O)Nc2ccc(F)cc2)nnc1C1CCCN1C(=O)c1ccc(C)cc1. The van der Waals surface area contributed by atoms with Gasteiger partial charge in [-0.3, -0.25) is 9.59 Å². The van der Waals surface area contributed by atoms with E-state index in [9.17, 15) is 14.0 Å². The van der Waals surface area contributed by atoms with Crippen LogP contribution in [-0.4, -0.2) is 43.8 Å². The Hall–Kier alpha value is -3.46. The summed E-state index contributed by atoms with van der Waals surface area (Å²) < 4.78 is 15.0. The lowest BCUT2D eigenvalue weighted by Crippen LogP contribution is -2.32. The van der Waals surface area contributed by atoms with Crippen molar-refractivity contribution in [3.05, 3.63) is 84.0 Å². The Morgan fingerprint density at radius 1 is 1.18 bits per heavy atom. The number of amides is 2. The molecule has 4 rings (SSSR count). The van der Waals surface area contributed by atoms with E-state index in [1.165, 1.54) is 36.0 Å². The smallest absolute Gasteiger partial charge is 0.254 e. The number of hydrogen-bond acceptors (Lipinski definition) is 5. The molecule has 1 aromatic heterocycles. The first-order valence-corrected chi connectivity index (χ1v) is 12.0. The highest BCUT2D eigenvalue weighted by Crippen LogP contribution is 2.34. The molecule has 1 aliphatic rings. The van der Waals surface area contributed by atoms with Gasteiger partial charge >= 0.3 is 0 Å². The molecule has 2 heterocycles. The van der Waals surface area contributed by atoms with Gasteiger partial charge in [-0.1, -0.05) is 35.5 Å². The molecule has 7 nitrogen and oxygen atoms in total. The van der Waals surface area contributed by atoms with E-state index in [-0.39, 0.29) is 29.4 Å². The molecule has 0 aliphatic carbocycles. The van der Waals surface area contributed by atoms with Gasteiger partial charge in [0.2, 0.25) is 5.91 Å². The number of benzene rings is 2. The van der Waals surface area contributed by atoms with Crippen molar-refractivity contribution in [1.82, 2.24) is 19.7 Å². The fourth-order valence-electron chi connectivity index (χ4n) is 3.95. The minimum absolute atomic E-state index is 0.0245. The zero-order chi connectivity index (χ0) is 24.1. The molecule has 1 unspecified atom stereocenters. The van der Waals surface area contributed by atoms with Crippen LogP contribution in [0.5, 0.6) is 0 Å². The molecular formula is C25H26FN5O2S. The largest absolute Gasteiger partial charge is 0.328 e. The monoisotopic (exact) mass is 479 g/mol. The number of carbonyl (C=O) groups is 2. The Morgan fingerprint density at radius 3 is 2.62 bits per heavy atom. The predicted octanol–water partition coefficient (Wildman–Crippen LogP) is 4.62. The van der Waals surface area contributed by atoms with Gasteiger partial charge < -0.3 is 14.8 Å². The predicted molar refractivity (Wildman–Crippen MR) is 130 cm³/mol. The summed E-state index contributed by atoms with van der Waals surface area (Å²) in [5.74, 6) is 0.189. The summed E-state index contributed by atoms with van der Waals surface area (Å²) in [6, 6.07) is 13.0. The van der Waals surface area contributed by atoms with Crippen molar-refractivity contribution in [2.75, 3.05) is 17.6 Å². The number of thioether (sulfide) groups is 1. The second-order valence-electron chi connectivity index (χ2n) is 8.11. The molecule has 176 valence electrons. The van der Waals surface area contributed by atoms with E-state index in [2.05, 4.69) is 22.1 Å². The van der Waals surface area contributed by atoms with Gasteiger partial charge in [-0.05, 0) is 56.2 Å². The minimum Gasteiger partial charge on any atom is -0.328 e. The van der Waals surface area contributed by atoms with Gasteiger partial charge in [0.05, 0.1) is 11.8 Å². The van der Waals surface area contributed by atoms with E-state index in [1.54, 1.807) is 6.08 Å². The van der Waals surface area contributed by atoms with Crippen molar-refractivity contribution in [3.63, 3.8) is 0 Å². The second-order valence-corrected chi connectivity index (χ2v) is 9.05. The number of aromatic nitrogens is 3. The lowest BCUT2D eigenvalue weighted by Gasteiger charge is -2.24. The van der Waals surface area contributed by atoms with Crippen LogP contribution in [0.2, 0.25) is 0 Å². The molecule has 2 aromatic carbocycles. The van der Waals surface area contributed by atoms with Gasteiger partial charge in [0.25, 0.3) is 5.91 Å². The van der Waals surface area contributed by atoms with Crippen LogP contribution in [-0.2, 0) is 11.3 Å². The normalized spacial score (nSPS) is 15.4. The van der Waals surface area contributed by atoms with Gasteiger partial charge in [0.1, 0.15) is 5.82 Å². The van der Waals surface area contributed by atoms with Crippen molar-refractivity contribution in [1.29, 1.82) is 0 Å². The average molecular weight is 480 g/mol. The van der Waals surface area contributed by atoms with Crippen molar-refractivity contribution in [2.45, 2.75) is 37.5 Å². The van der Waals surface area contributed by atoms with E-state index in [0.717, 1.165) is 18.4 Å². The number of likely N-dealkylation sites (tertiary alicyclic amines) is 1. The van der Waals surface area contributed by atoms with Gasteiger partial charge in [-0.25, -0.2) is 4.39 Å². The van der Waals surface area contributed by atoms with Gasteiger partial charge in [0, 0.05) is 24.3 Å². The molecule has 1 N–H and O–H groups in total. The van der Waals surface area contributed by atoms with E-state index in [4.69, 9.17) is 0 Å². The van der Waals surface area contributed by atoms with Crippen LogP contribution in [0, 0.1) is 12.7 Å². The van der Waals surface area contributed by atoms with Crippen molar-refractivity contribution >= 4 is 29.3 Å². The Kier molecular flexibility index (Phi) is 7.42.